The number of rotatable bonds is 7. The van der Waals surface area contributed by atoms with Crippen molar-refractivity contribution in [1.82, 2.24) is 15.1 Å². The summed E-state index contributed by atoms with van der Waals surface area (Å²) in [4.78, 5) is 12.8. The van der Waals surface area contributed by atoms with E-state index < -0.39 is 18.5 Å². The highest BCUT2D eigenvalue weighted by molar-refractivity contribution is 5.83. The lowest BCUT2D eigenvalue weighted by molar-refractivity contribution is -0.274. The van der Waals surface area contributed by atoms with Gasteiger partial charge >= 0.3 is 6.36 Å². The smallest absolute Gasteiger partial charge is 0.406 e. The minimum Gasteiger partial charge on any atom is -0.406 e. The number of aliphatic hydroxyl groups excluding tert-OH is 1. The number of nitrogens with zero attached hydrogens (tertiary/aromatic N) is 2. The number of amides is 1. The molecular formula is C20H18F3N3O3. The van der Waals surface area contributed by atoms with Gasteiger partial charge in [-0.1, -0.05) is 42.5 Å². The van der Waals surface area contributed by atoms with E-state index in [-0.39, 0.29) is 18.2 Å². The molecule has 29 heavy (non-hydrogen) atoms. The number of halogens is 3. The van der Waals surface area contributed by atoms with Crippen molar-refractivity contribution in [3.8, 4) is 5.75 Å². The van der Waals surface area contributed by atoms with Gasteiger partial charge in [0.1, 0.15) is 5.75 Å². The molecule has 152 valence electrons. The van der Waals surface area contributed by atoms with Gasteiger partial charge in [0.25, 0.3) is 0 Å². The van der Waals surface area contributed by atoms with Gasteiger partial charge in [0, 0.05) is 18.9 Å². The van der Waals surface area contributed by atoms with Crippen LogP contribution in [0.3, 0.4) is 0 Å². The summed E-state index contributed by atoms with van der Waals surface area (Å²) in [6, 6.07) is 14.8. The second kappa shape index (κ2) is 8.78. The largest absolute Gasteiger partial charge is 0.573 e. The summed E-state index contributed by atoms with van der Waals surface area (Å²) in [7, 11) is 0. The third kappa shape index (κ3) is 5.58. The highest BCUT2D eigenvalue weighted by Crippen LogP contribution is 2.24. The van der Waals surface area contributed by atoms with Gasteiger partial charge in [-0.15, -0.1) is 13.2 Å². The fourth-order valence-electron chi connectivity index (χ4n) is 2.80. The molecule has 1 heterocycles. The van der Waals surface area contributed by atoms with Crippen LogP contribution in [-0.2, 0) is 4.79 Å². The number of hydrogen-bond donors (Lipinski definition) is 2. The number of carbonyl (C=O) groups excluding carboxylic acids is 1. The molecule has 0 radical (unpaired) electrons. The first-order chi connectivity index (χ1) is 13.8. The van der Waals surface area contributed by atoms with Crippen molar-refractivity contribution in [2.75, 3.05) is 6.54 Å². The molecular weight excluding hydrogens is 387 g/mol. The molecule has 0 fully saturated rings. The molecule has 0 bridgehead atoms. The molecule has 0 saturated carbocycles. The summed E-state index contributed by atoms with van der Waals surface area (Å²) in [6.45, 7) is -0.122. The van der Waals surface area contributed by atoms with Gasteiger partial charge in [0.15, 0.2) is 6.04 Å². The van der Waals surface area contributed by atoms with Gasteiger partial charge in [0.2, 0.25) is 5.91 Å². The predicted molar refractivity (Wildman–Crippen MR) is 97.9 cm³/mol. The average molecular weight is 405 g/mol. The maximum Gasteiger partial charge on any atom is 0.573 e. The van der Waals surface area contributed by atoms with Crippen LogP contribution >= 0.6 is 0 Å². The third-order valence-corrected chi connectivity index (χ3v) is 4.12. The minimum absolute atomic E-state index is 0.122. The van der Waals surface area contributed by atoms with Crippen LogP contribution in [0.5, 0.6) is 5.75 Å². The number of nitrogens with one attached hydrogen (secondary N) is 1. The van der Waals surface area contributed by atoms with Crippen LogP contribution in [-0.4, -0.2) is 33.7 Å². The van der Waals surface area contributed by atoms with Crippen LogP contribution in [0.25, 0.3) is 0 Å². The number of benzene rings is 2. The van der Waals surface area contributed by atoms with Crippen LogP contribution in [0, 0.1) is 0 Å². The molecule has 0 saturated heterocycles. The number of hydrogen-bond acceptors (Lipinski definition) is 4. The molecule has 1 amide bonds. The summed E-state index contributed by atoms with van der Waals surface area (Å²) in [5.74, 6) is -0.767. The third-order valence-electron chi connectivity index (χ3n) is 4.12. The maximum atomic E-state index is 12.8. The van der Waals surface area contributed by atoms with E-state index in [9.17, 15) is 23.1 Å². The molecule has 2 aromatic carbocycles. The topological polar surface area (TPSA) is 76.4 Å². The number of aromatic nitrogens is 2. The Morgan fingerprint density at radius 3 is 2.34 bits per heavy atom. The first kappa shape index (κ1) is 20.4. The number of ether oxygens (including phenoxy) is 1. The molecule has 3 aromatic rings. The number of carbonyl (C=O) groups is 1. The predicted octanol–water partition coefficient (Wildman–Crippen LogP) is 3.22. The molecule has 0 aliphatic rings. The van der Waals surface area contributed by atoms with Gasteiger partial charge in [-0.25, -0.2) is 0 Å². The van der Waals surface area contributed by atoms with Crippen LogP contribution in [0.1, 0.15) is 23.3 Å². The average Bonchev–Trinajstić information content (AvgIpc) is 3.21. The summed E-state index contributed by atoms with van der Waals surface area (Å²) in [5, 5.41) is 17.1. The van der Waals surface area contributed by atoms with E-state index in [1.54, 1.807) is 42.7 Å². The van der Waals surface area contributed by atoms with E-state index in [4.69, 9.17) is 0 Å². The van der Waals surface area contributed by atoms with E-state index in [2.05, 4.69) is 15.2 Å². The standard InChI is InChI=1S/C20H18F3N3O3/c21-20(22,23)29-16-9-7-14(8-10-16)17(27)13-24-19(28)18(26-12-4-11-25-26)15-5-2-1-3-6-15/h1-12,17-18,27H,13H2,(H,24,28). The van der Waals surface area contributed by atoms with Crippen molar-refractivity contribution in [3.63, 3.8) is 0 Å². The molecule has 2 unspecified atom stereocenters. The SMILES string of the molecule is O=C(NCC(O)c1ccc(OC(F)(F)F)cc1)C(c1ccccc1)n1cccn1. The normalized spacial score (nSPS) is 13.5. The van der Waals surface area contributed by atoms with Gasteiger partial charge in [-0.05, 0) is 29.3 Å². The Kier molecular flexibility index (Phi) is 6.18. The van der Waals surface area contributed by atoms with Crippen LogP contribution in [0.15, 0.2) is 73.1 Å². The summed E-state index contributed by atoms with van der Waals surface area (Å²) < 4.78 is 41.9. The summed E-state index contributed by atoms with van der Waals surface area (Å²) in [5.41, 5.74) is 1.06. The molecule has 0 aliphatic carbocycles. The van der Waals surface area contributed by atoms with E-state index in [0.29, 0.717) is 5.56 Å². The molecule has 2 atom stereocenters. The summed E-state index contributed by atoms with van der Waals surface area (Å²) in [6.07, 6.45) is -2.67. The lowest BCUT2D eigenvalue weighted by Gasteiger charge is -2.19. The molecule has 0 aliphatic heterocycles. The first-order valence-corrected chi connectivity index (χ1v) is 8.69. The minimum atomic E-state index is -4.78. The van der Waals surface area contributed by atoms with Gasteiger partial charge in [-0.2, -0.15) is 5.10 Å². The Balaban J connectivity index is 1.65. The monoisotopic (exact) mass is 405 g/mol. The first-order valence-electron chi connectivity index (χ1n) is 8.69. The van der Waals surface area contributed by atoms with Gasteiger partial charge in [-0.3, -0.25) is 9.48 Å². The highest BCUT2D eigenvalue weighted by Gasteiger charge is 2.31. The Bertz CT molecular complexity index is 914. The van der Waals surface area contributed by atoms with Crippen LogP contribution in [0.4, 0.5) is 13.2 Å². The van der Waals surface area contributed by atoms with Gasteiger partial charge < -0.3 is 15.2 Å². The highest BCUT2D eigenvalue weighted by atomic mass is 19.4. The number of alkyl halides is 3. The van der Waals surface area contributed by atoms with Crippen molar-refractivity contribution >= 4 is 5.91 Å². The van der Waals surface area contributed by atoms with Crippen LogP contribution in [0.2, 0.25) is 0 Å². The molecule has 0 spiro atoms. The lowest BCUT2D eigenvalue weighted by atomic mass is 10.1. The van der Waals surface area contributed by atoms with Crippen molar-refractivity contribution in [2.45, 2.75) is 18.5 Å². The quantitative estimate of drug-likeness (QED) is 0.633. The van der Waals surface area contributed by atoms with Crippen LogP contribution < -0.4 is 10.1 Å². The zero-order chi connectivity index (χ0) is 20.9. The fraction of sp³-hybridized carbons (Fsp3) is 0.200. The van der Waals surface area contributed by atoms with Crippen molar-refractivity contribution in [3.05, 3.63) is 84.2 Å². The molecule has 3 rings (SSSR count). The molecule has 6 nitrogen and oxygen atoms in total. The van der Waals surface area contributed by atoms with E-state index in [1.165, 1.54) is 16.8 Å². The molecule has 1 aromatic heterocycles. The Labute approximate surface area is 164 Å². The van der Waals surface area contributed by atoms with Crippen molar-refractivity contribution in [1.29, 1.82) is 0 Å². The van der Waals surface area contributed by atoms with Crippen molar-refractivity contribution < 1.29 is 27.8 Å². The number of aliphatic hydroxyl groups is 1. The van der Waals surface area contributed by atoms with Gasteiger partial charge in [0.05, 0.1) is 6.10 Å². The Hall–Kier alpha value is -3.33. The fourth-order valence-corrected chi connectivity index (χ4v) is 2.80. The molecule has 2 N–H and O–H groups in total. The second-order valence-electron chi connectivity index (χ2n) is 6.18. The zero-order valence-corrected chi connectivity index (χ0v) is 15.1. The molecule has 9 heteroatoms. The van der Waals surface area contributed by atoms with E-state index in [1.807, 2.05) is 6.07 Å². The maximum absolute atomic E-state index is 12.8. The summed E-state index contributed by atoms with van der Waals surface area (Å²) >= 11 is 0. The second-order valence-corrected chi connectivity index (χ2v) is 6.18. The van der Waals surface area contributed by atoms with Crippen molar-refractivity contribution in [2.24, 2.45) is 0 Å². The zero-order valence-electron chi connectivity index (χ0n) is 15.1. The lowest BCUT2D eigenvalue weighted by Crippen LogP contribution is -2.36. The van der Waals surface area contributed by atoms with E-state index >= 15 is 0 Å². The Morgan fingerprint density at radius 1 is 1.07 bits per heavy atom. The van der Waals surface area contributed by atoms with E-state index in [0.717, 1.165) is 17.7 Å². The Morgan fingerprint density at radius 2 is 1.76 bits per heavy atom.